The topological polar surface area (TPSA) is 27.1 Å². The predicted molar refractivity (Wildman–Crippen MR) is 73.5 cm³/mol. The van der Waals surface area contributed by atoms with E-state index in [9.17, 15) is 8.78 Å². The van der Waals surface area contributed by atoms with Crippen LogP contribution in [-0.2, 0) is 6.54 Å². The summed E-state index contributed by atoms with van der Waals surface area (Å²) >= 11 is 3.16. The van der Waals surface area contributed by atoms with Gasteiger partial charge in [-0.2, -0.15) is 0 Å². The van der Waals surface area contributed by atoms with Crippen LogP contribution in [0, 0.1) is 17.0 Å². The van der Waals surface area contributed by atoms with Crippen LogP contribution in [0.1, 0.15) is 11.1 Å². The Morgan fingerprint density at radius 3 is 2.58 bits per heavy atom. The standard InChI is InChI=1S/C14H9BrF2N2/c15-11-5-9(16)6-12(17)13(11)19-7-8-3-1-2-4-10(8)14(19)18/h1-6,18H,7H2. The fourth-order valence-electron chi connectivity index (χ4n) is 2.27. The third-order valence-corrected chi connectivity index (χ3v) is 3.73. The van der Waals surface area contributed by atoms with Crippen LogP contribution in [-0.4, -0.2) is 5.84 Å². The van der Waals surface area contributed by atoms with Crippen molar-refractivity contribution in [2.45, 2.75) is 6.54 Å². The van der Waals surface area contributed by atoms with Crippen LogP contribution in [0.3, 0.4) is 0 Å². The minimum atomic E-state index is -0.676. The Bertz CT molecular complexity index is 662. The van der Waals surface area contributed by atoms with Crippen molar-refractivity contribution in [3.8, 4) is 0 Å². The van der Waals surface area contributed by atoms with E-state index in [4.69, 9.17) is 5.41 Å². The largest absolute Gasteiger partial charge is 0.318 e. The van der Waals surface area contributed by atoms with Gasteiger partial charge in [-0.3, -0.25) is 5.41 Å². The molecule has 5 heteroatoms. The van der Waals surface area contributed by atoms with E-state index in [1.165, 1.54) is 11.0 Å². The Balaban J connectivity index is 2.10. The summed E-state index contributed by atoms with van der Waals surface area (Å²) in [7, 11) is 0. The van der Waals surface area contributed by atoms with Crippen LogP contribution in [0.5, 0.6) is 0 Å². The molecule has 1 N–H and O–H groups in total. The number of hydrogen-bond donors (Lipinski definition) is 1. The van der Waals surface area contributed by atoms with E-state index in [2.05, 4.69) is 15.9 Å². The van der Waals surface area contributed by atoms with Crippen LogP contribution in [0.4, 0.5) is 14.5 Å². The number of benzene rings is 2. The third-order valence-electron chi connectivity index (χ3n) is 3.12. The van der Waals surface area contributed by atoms with Gasteiger partial charge in [0.15, 0.2) is 5.82 Å². The van der Waals surface area contributed by atoms with Crippen molar-refractivity contribution in [2.24, 2.45) is 0 Å². The number of nitrogens with zero attached hydrogens (tertiary/aromatic N) is 1. The molecule has 0 aromatic heterocycles. The van der Waals surface area contributed by atoms with Gasteiger partial charge in [0, 0.05) is 16.1 Å². The minimum Gasteiger partial charge on any atom is -0.318 e. The number of rotatable bonds is 1. The summed E-state index contributed by atoms with van der Waals surface area (Å²) in [6, 6.07) is 9.48. The van der Waals surface area contributed by atoms with Gasteiger partial charge in [-0.1, -0.05) is 24.3 Å². The first kappa shape index (κ1) is 12.3. The molecule has 1 aliphatic rings. The molecule has 1 heterocycles. The summed E-state index contributed by atoms with van der Waals surface area (Å²) in [5.74, 6) is -1.09. The summed E-state index contributed by atoms with van der Waals surface area (Å²) in [5, 5.41) is 8.12. The number of halogens is 3. The fourth-order valence-corrected chi connectivity index (χ4v) is 2.89. The maximum Gasteiger partial charge on any atom is 0.150 e. The molecule has 0 saturated heterocycles. The molecule has 96 valence electrons. The van der Waals surface area contributed by atoms with Crippen molar-refractivity contribution >= 4 is 27.5 Å². The minimum absolute atomic E-state index is 0.197. The van der Waals surface area contributed by atoms with Gasteiger partial charge >= 0.3 is 0 Å². The smallest absolute Gasteiger partial charge is 0.150 e. The van der Waals surface area contributed by atoms with Crippen molar-refractivity contribution in [2.75, 3.05) is 4.90 Å². The summed E-state index contributed by atoms with van der Waals surface area (Å²) in [5.41, 5.74) is 1.93. The van der Waals surface area contributed by atoms with Crippen LogP contribution in [0.25, 0.3) is 0 Å². The molecule has 2 nitrogen and oxygen atoms in total. The van der Waals surface area contributed by atoms with Gasteiger partial charge in [0.2, 0.25) is 0 Å². The lowest BCUT2D eigenvalue weighted by Crippen LogP contribution is -2.24. The summed E-state index contributed by atoms with van der Waals surface area (Å²) in [6.45, 7) is 0.413. The third kappa shape index (κ3) is 1.94. The van der Waals surface area contributed by atoms with E-state index in [1.54, 1.807) is 0 Å². The molecular weight excluding hydrogens is 314 g/mol. The molecule has 2 aromatic rings. The molecule has 19 heavy (non-hydrogen) atoms. The lowest BCUT2D eigenvalue weighted by Gasteiger charge is -2.20. The molecule has 0 aliphatic carbocycles. The second-order valence-corrected chi connectivity index (χ2v) is 5.16. The predicted octanol–water partition coefficient (Wildman–Crippen LogP) is 4.07. The number of hydrogen-bond acceptors (Lipinski definition) is 1. The zero-order valence-corrected chi connectivity index (χ0v) is 11.3. The van der Waals surface area contributed by atoms with Gasteiger partial charge in [-0.25, -0.2) is 8.78 Å². The molecule has 0 unspecified atom stereocenters. The highest BCUT2D eigenvalue weighted by Crippen LogP contribution is 2.35. The Morgan fingerprint density at radius 2 is 1.89 bits per heavy atom. The van der Waals surface area contributed by atoms with Crippen LogP contribution in [0.15, 0.2) is 40.9 Å². The molecule has 0 atom stereocenters. The summed E-state index contributed by atoms with van der Waals surface area (Å²) in [6.07, 6.45) is 0. The van der Waals surface area contributed by atoms with E-state index in [0.29, 0.717) is 11.0 Å². The maximum absolute atomic E-state index is 14.0. The van der Waals surface area contributed by atoms with Crippen molar-refractivity contribution in [1.82, 2.24) is 0 Å². The Hall–Kier alpha value is -1.75. The highest BCUT2D eigenvalue weighted by atomic mass is 79.9. The maximum atomic E-state index is 14.0. The van der Waals surface area contributed by atoms with Crippen molar-refractivity contribution in [3.05, 3.63) is 63.6 Å². The molecule has 0 bridgehead atoms. The molecule has 0 saturated carbocycles. The lowest BCUT2D eigenvalue weighted by molar-refractivity contribution is 0.581. The van der Waals surface area contributed by atoms with Gasteiger partial charge < -0.3 is 4.90 Å². The lowest BCUT2D eigenvalue weighted by atomic mass is 10.1. The van der Waals surface area contributed by atoms with Crippen LogP contribution >= 0.6 is 15.9 Å². The van der Waals surface area contributed by atoms with Crippen molar-refractivity contribution < 1.29 is 8.78 Å². The number of fused-ring (bicyclic) bond motifs is 1. The number of anilines is 1. The second-order valence-electron chi connectivity index (χ2n) is 4.31. The van der Waals surface area contributed by atoms with Crippen molar-refractivity contribution in [1.29, 1.82) is 5.41 Å². The van der Waals surface area contributed by atoms with Crippen molar-refractivity contribution in [3.63, 3.8) is 0 Å². The van der Waals surface area contributed by atoms with Gasteiger partial charge in [0.25, 0.3) is 0 Å². The van der Waals surface area contributed by atoms with Crippen LogP contribution in [0.2, 0.25) is 0 Å². The van der Waals surface area contributed by atoms with E-state index in [-0.39, 0.29) is 11.5 Å². The van der Waals surface area contributed by atoms with E-state index in [0.717, 1.165) is 17.2 Å². The monoisotopic (exact) mass is 322 g/mol. The fraction of sp³-hybridized carbons (Fsp3) is 0.0714. The van der Waals surface area contributed by atoms with E-state index in [1.807, 2.05) is 24.3 Å². The van der Waals surface area contributed by atoms with E-state index >= 15 is 0 Å². The highest BCUT2D eigenvalue weighted by Gasteiger charge is 2.28. The Kier molecular flexibility index (Phi) is 2.86. The molecule has 1 aliphatic heterocycles. The molecule has 2 aromatic carbocycles. The normalized spacial score (nSPS) is 13.8. The zero-order chi connectivity index (χ0) is 13.6. The first-order valence-electron chi connectivity index (χ1n) is 5.67. The molecule has 0 amide bonds. The molecular formula is C14H9BrF2N2. The summed E-state index contributed by atoms with van der Waals surface area (Å²) in [4.78, 5) is 1.53. The van der Waals surface area contributed by atoms with Gasteiger partial charge in [0.1, 0.15) is 11.7 Å². The average Bonchev–Trinajstić information content (AvgIpc) is 2.66. The first-order valence-corrected chi connectivity index (χ1v) is 6.46. The Labute approximate surface area is 117 Å². The Morgan fingerprint density at radius 1 is 1.16 bits per heavy atom. The quantitative estimate of drug-likeness (QED) is 0.841. The van der Waals surface area contributed by atoms with Gasteiger partial charge in [-0.05, 0) is 27.6 Å². The SMILES string of the molecule is N=C1c2ccccc2CN1c1c(F)cc(F)cc1Br. The zero-order valence-electron chi connectivity index (χ0n) is 9.75. The van der Waals surface area contributed by atoms with Gasteiger partial charge in [-0.15, -0.1) is 0 Å². The second kappa shape index (κ2) is 4.42. The van der Waals surface area contributed by atoms with Gasteiger partial charge in [0.05, 0.1) is 12.2 Å². The first-order chi connectivity index (χ1) is 9.08. The molecule has 0 radical (unpaired) electrons. The number of amidine groups is 1. The summed E-state index contributed by atoms with van der Waals surface area (Å²) < 4.78 is 27.4. The highest BCUT2D eigenvalue weighted by molar-refractivity contribution is 9.10. The van der Waals surface area contributed by atoms with Crippen LogP contribution < -0.4 is 4.90 Å². The molecule has 0 spiro atoms. The molecule has 0 fully saturated rings. The average molecular weight is 323 g/mol. The van der Waals surface area contributed by atoms with E-state index < -0.39 is 11.6 Å². The number of nitrogens with one attached hydrogen (secondary N) is 1. The molecule has 3 rings (SSSR count).